The summed E-state index contributed by atoms with van der Waals surface area (Å²) in [6.07, 6.45) is 1.24. The van der Waals surface area contributed by atoms with Gasteiger partial charge in [-0.25, -0.2) is 0 Å². The smallest absolute Gasteiger partial charge is 0.141 e. The van der Waals surface area contributed by atoms with Gasteiger partial charge in [0.15, 0.2) is 0 Å². The Kier molecular flexibility index (Phi) is 6.31. The van der Waals surface area contributed by atoms with E-state index in [9.17, 15) is 0 Å². The second kappa shape index (κ2) is 7.24. The summed E-state index contributed by atoms with van der Waals surface area (Å²) in [6, 6.07) is 3.86. The molecule has 17 heavy (non-hydrogen) atoms. The summed E-state index contributed by atoms with van der Waals surface area (Å²) in [5.74, 6) is 0.778. The molecule has 96 valence electrons. The van der Waals surface area contributed by atoms with Gasteiger partial charge < -0.3 is 10.1 Å². The third-order valence-corrected chi connectivity index (χ3v) is 3.11. The van der Waals surface area contributed by atoms with Crippen LogP contribution in [0.4, 0.5) is 0 Å². The molecule has 0 heterocycles. The summed E-state index contributed by atoms with van der Waals surface area (Å²) in [5, 5.41) is 3.98. The number of benzene rings is 1. The number of nitrogens with one attached hydrogen (secondary N) is 1. The topological polar surface area (TPSA) is 21.3 Å². The second-order valence-corrected chi connectivity index (χ2v) is 5.49. The average Bonchev–Trinajstić information content (AvgIpc) is 2.24. The van der Waals surface area contributed by atoms with E-state index in [0.29, 0.717) is 5.02 Å². The molecule has 1 aromatic rings. The molecule has 0 radical (unpaired) electrons. The molecule has 0 spiro atoms. The van der Waals surface area contributed by atoms with E-state index in [-0.39, 0.29) is 6.10 Å². The molecular weight excluding hydrogens is 302 g/mol. The zero-order chi connectivity index (χ0) is 12.8. The zero-order valence-corrected chi connectivity index (χ0v) is 12.9. The number of hydrogen-bond donors (Lipinski definition) is 1. The number of ether oxygens (including phenoxy) is 1. The van der Waals surface area contributed by atoms with Gasteiger partial charge in [-0.3, -0.25) is 0 Å². The lowest BCUT2D eigenvalue weighted by molar-refractivity contribution is 0.216. The van der Waals surface area contributed by atoms with Crippen molar-refractivity contribution in [2.45, 2.75) is 33.3 Å². The van der Waals surface area contributed by atoms with Crippen LogP contribution in [0.25, 0.3) is 0 Å². The van der Waals surface area contributed by atoms with Crippen molar-refractivity contribution in [2.24, 2.45) is 0 Å². The van der Waals surface area contributed by atoms with Gasteiger partial charge in [0.1, 0.15) is 11.9 Å². The molecule has 2 nitrogen and oxygen atoms in total. The van der Waals surface area contributed by atoms with Gasteiger partial charge in [0.25, 0.3) is 0 Å². The molecule has 1 rings (SSSR count). The largest absolute Gasteiger partial charge is 0.488 e. The Morgan fingerprint density at radius 2 is 2.18 bits per heavy atom. The molecule has 0 saturated heterocycles. The van der Waals surface area contributed by atoms with Gasteiger partial charge in [-0.15, -0.1) is 0 Å². The van der Waals surface area contributed by atoms with E-state index in [1.54, 1.807) is 0 Å². The molecule has 1 aromatic carbocycles. The Balaban J connectivity index is 2.61. The molecule has 0 aromatic heterocycles. The highest BCUT2D eigenvalue weighted by atomic mass is 79.9. The highest BCUT2D eigenvalue weighted by Crippen LogP contribution is 2.32. The fourth-order valence-corrected chi connectivity index (χ4v) is 2.58. The van der Waals surface area contributed by atoms with E-state index >= 15 is 0 Å². The van der Waals surface area contributed by atoms with E-state index < -0.39 is 0 Å². The lowest BCUT2D eigenvalue weighted by Crippen LogP contribution is -2.29. The fraction of sp³-hybridized carbons (Fsp3) is 0.538. The molecule has 0 aliphatic rings. The van der Waals surface area contributed by atoms with Crippen LogP contribution in [0, 0.1) is 6.92 Å². The van der Waals surface area contributed by atoms with Crippen LogP contribution in [-0.4, -0.2) is 19.2 Å². The first-order chi connectivity index (χ1) is 8.04. The minimum absolute atomic E-state index is 0.110. The van der Waals surface area contributed by atoms with Gasteiger partial charge in [0.05, 0.1) is 5.02 Å². The van der Waals surface area contributed by atoms with Gasteiger partial charge >= 0.3 is 0 Å². The Morgan fingerprint density at radius 1 is 1.47 bits per heavy atom. The van der Waals surface area contributed by atoms with Crippen LogP contribution in [0.5, 0.6) is 5.75 Å². The van der Waals surface area contributed by atoms with Crippen molar-refractivity contribution in [2.75, 3.05) is 13.1 Å². The highest BCUT2D eigenvalue weighted by Gasteiger charge is 2.10. The molecule has 1 atom stereocenters. The summed E-state index contributed by atoms with van der Waals surface area (Å²) in [5.41, 5.74) is 1.05. The Morgan fingerprint density at radius 3 is 2.76 bits per heavy atom. The molecule has 1 N–H and O–H groups in total. The Bertz CT molecular complexity index is 347. The fourth-order valence-electron chi connectivity index (χ4n) is 1.56. The lowest BCUT2D eigenvalue weighted by atomic mass is 10.2. The summed E-state index contributed by atoms with van der Waals surface area (Å²) in [7, 11) is 0. The molecule has 0 amide bonds. The number of hydrogen-bond acceptors (Lipinski definition) is 2. The van der Waals surface area contributed by atoms with Crippen LogP contribution < -0.4 is 10.1 Å². The number of rotatable bonds is 6. The van der Waals surface area contributed by atoms with Crippen molar-refractivity contribution in [1.82, 2.24) is 5.32 Å². The van der Waals surface area contributed by atoms with E-state index in [1.807, 2.05) is 26.0 Å². The Hall–Kier alpha value is -0.250. The molecule has 1 unspecified atom stereocenters. The summed E-state index contributed by atoms with van der Waals surface area (Å²) in [4.78, 5) is 0. The normalized spacial score (nSPS) is 12.5. The van der Waals surface area contributed by atoms with Gasteiger partial charge in [0.2, 0.25) is 0 Å². The van der Waals surface area contributed by atoms with Crippen LogP contribution in [0.15, 0.2) is 16.6 Å². The summed E-state index contributed by atoms with van der Waals surface area (Å²) >= 11 is 9.58. The standard InChI is InChI=1S/C13H19BrClNO/c1-4-5-16-8-10(3)17-13-9(2)6-11(14)7-12(13)15/h6-7,10,16H,4-5,8H2,1-3H3. The first-order valence-electron chi connectivity index (χ1n) is 5.87. The zero-order valence-electron chi connectivity index (χ0n) is 10.5. The quantitative estimate of drug-likeness (QED) is 0.794. The SMILES string of the molecule is CCCNCC(C)Oc1c(C)cc(Br)cc1Cl. The number of aryl methyl sites for hydroxylation is 1. The van der Waals surface area contributed by atoms with Gasteiger partial charge in [0, 0.05) is 11.0 Å². The van der Waals surface area contributed by atoms with Gasteiger partial charge in [-0.1, -0.05) is 34.5 Å². The number of halogens is 2. The van der Waals surface area contributed by atoms with E-state index in [1.165, 1.54) is 0 Å². The van der Waals surface area contributed by atoms with Crippen molar-refractivity contribution in [1.29, 1.82) is 0 Å². The molecule has 0 saturated carbocycles. The molecule has 4 heteroatoms. The third kappa shape index (κ3) is 4.86. The van der Waals surface area contributed by atoms with Crippen molar-refractivity contribution in [3.05, 3.63) is 27.2 Å². The maximum Gasteiger partial charge on any atom is 0.141 e. The van der Waals surface area contributed by atoms with Crippen LogP contribution in [0.3, 0.4) is 0 Å². The molecule has 0 fully saturated rings. The predicted octanol–water partition coefficient (Wildman–Crippen LogP) is 4.18. The monoisotopic (exact) mass is 319 g/mol. The van der Waals surface area contributed by atoms with Gasteiger partial charge in [-0.05, 0) is 44.5 Å². The Labute approximate surface area is 117 Å². The van der Waals surface area contributed by atoms with Crippen LogP contribution in [0.1, 0.15) is 25.8 Å². The first-order valence-corrected chi connectivity index (χ1v) is 7.04. The van der Waals surface area contributed by atoms with Crippen molar-refractivity contribution in [3.63, 3.8) is 0 Å². The highest BCUT2D eigenvalue weighted by molar-refractivity contribution is 9.10. The molecule has 0 bridgehead atoms. The molecule has 0 aliphatic heterocycles. The average molecular weight is 321 g/mol. The summed E-state index contributed by atoms with van der Waals surface area (Å²) < 4.78 is 6.84. The predicted molar refractivity (Wildman–Crippen MR) is 77.1 cm³/mol. The van der Waals surface area contributed by atoms with E-state index in [4.69, 9.17) is 16.3 Å². The van der Waals surface area contributed by atoms with E-state index in [0.717, 1.165) is 35.3 Å². The second-order valence-electron chi connectivity index (χ2n) is 4.17. The van der Waals surface area contributed by atoms with Crippen molar-refractivity contribution in [3.8, 4) is 5.75 Å². The molecular formula is C13H19BrClNO. The van der Waals surface area contributed by atoms with Crippen molar-refractivity contribution < 1.29 is 4.74 Å². The third-order valence-electron chi connectivity index (χ3n) is 2.37. The summed E-state index contributed by atoms with van der Waals surface area (Å²) in [6.45, 7) is 8.04. The van der Waals surface area contributed by atoms with Crippen LogP contribution >= 0.6 is 27.5 Å². The molecule has 0 aliphatic carbocycles. The van der Waals surface area contributed by atoms with Crippen LogP contribution in [0.2, 0.25) is 5.02 Å². The van der Waals surface area contributed by atoms with E-state index in [2.05, 4.69) is 28.2 Å². The maximum absolute atomic E-state index is 6.16. The lowest BCUT2D eigenvalue weighted by Gasteiger charge is -2.18. The maximum atomic E-state index is 6.16. The minimum atomic E-state index is 0.110. The minimum Gasteiger partial charge on any atom is -0.488 e. The van der Waals surface area contributed by atoms with Gasteiger partial charge in [-0.2, -0.15) is 0 Å². The van der Waals surface area contributed by atoms with Crippen LogP contribution in [-0.2, 0) is 0 Å². The first kappa shape index (κ1) is 14.8. The van der Waals surface area contributed by atoms with Crippen molar-refractivity contribution >= 4 is 27.5 Å².